The van der Waals surface area contributed by atoms with Crippen LogP contribution in [0.4, 0.5) is 5.69 Å². The molecule has 0 aliphatic carbocycles. The van der Waals surface area contributed by atoms with E-state index in [1.165, 1.54) is 25.3 Å². The number of carbonyl (C=O) groups excluding carboxylic acids is 1. The molecule has 6 nitrogen and oxygen atoms in total. The fourth-order valence-corrected chi connectivity index (χ4v) is 1.97. The molecule has 1 unspecified atom stereocenters. The van der Waals surface area contributed by atoms with E-state index in [9.17, 15) is 14.9 Å². The molecule has 18 heavy (non-hydrogen) atoms. The summed E-state index contributed by atoms with van der Waals surface area (Å²) in [5.41, 5.74) is 0.521. The highest BCUT2D eigenvalue weighted by molar-refractivity contribution is 5.80. The third kappa shape index (κ3) is 2.48. The molecular formula is C12H13NO5. The molecule has 0 radical (unpaired) electrons. The lowest BCUT2D eigenvalue weighted by atomic mass is 9.99. The van der Waals surface area contributed by atoms with Gasteiger partial charge in [0.25, 0.3) is 5.69 Å². The predicted molar refractivity (Wildman–Crippen MR) is 62.6 cm³/mol. The highest BCUT2D eigenvalue weighted by Gasteiger charge is 2.26. The topological polar surface area (TPSA) is 78.7 Å². The van der Waals surface area contributed by atoms with E-state index in [1.54, 1.807) is 0 Å². The number of rotatable bonds is 3. The summed E-state index contributed by atoms with van der Waals surface area (Å²) in [4.78, 5) is 21.7. The Morgan fingerprint density at radius 1 is 1.50 bits per heavy atom. The Labute approximate surface area is 104 Å². The molecular weight excluding hydrogens is 238 g/mol. The summed E-state index contributed by atoms with van der Waals surface area (Å²) in [6.07, 6.45) is 0.173. The van der Waals surface area contributed by atoms with Crippen LogP contribution >= 0.6 is 0 Å². The van der Waals surface area contributed by atoms with Gasteiger partial charge in [0, 0.05) is 30.5 Å². The summed E-state index contributed by atoms with van der Waals surface area (Å²) in [7, 11) is 1.48. The van der Waals surface area contributed by atoms with Crippen molar-refractivity contribution in [3.05, 3.63) is 33.9 Å². The first-order valence-corrected chi connectivity index (χ1v) is 5.57. The van der Waals surface area contributed by atoms with Crippen LogP contribution in [0.25, 0.3) is 0 Å². The molecule has 0 spiro atoms. The number of Topliss-reactive ketones (excluding diaryl/α,β-unsaturated/α-hetero) is 1. The van der Waals surface area contributed by atoms with E-state index in [-0.39, 0.29) is 17.9 Å². The molecule has 96 valence electrons. The zero-order valence-electron chi connectivity index (χ0n) is 9.92. The predicted octanol–water partition coefficient (Wildman–Crippen LogP) is 2.02. The number of hydrogen-bond donors (Lipinski definition) is 0. The second kappa shape index (κ2) is 5.14. The van der Waals surface area contributed by atoms with Crippen molar-refractivity contribution in [2.45, 2.75) is 18.9 Å². The Bertz CT molecular complexity index is 485. The summed E-state index contributed by atoms with van der Waals surface area (Å²) in [6, 6.07) is 4.30. The SMILES string of the molecule is COc1ccc([N+](=O)[O-])cc1C1CC(=O)CCO1. The highest BCUT2D eigenvalue weighted by atomic mass is 16.6. The number of nitro groups is 1. The van der Waals surface area contributed by atoms with Gasteiger partial charge in [-0.1, -0.05) is 0 Å². The maximum absolute atomic E-state index is 11.4. The van der Waals surface area contributed by atoms with Gasteiger partial charge < -0.3 is 9.47 Å². The minimum Gasteiger partial charge on any atom is -0.496 e. The van der Waals surface area contributed by atoms with Crippen LogP contribution in [0.3, 0.4) is 0 Å². The number of ether oxygens (including phenoxy) is 2. The largest absolute Gasteiger partial charge is 0.496 e. The summed E-state index contributed by atoms with van der Waals surface area (Å²) >= 11 is 0. The van der Waals surface area contributed by atoms with E-state index < -0.39 is 11.0 Å². The maximum atomic E-state index is 11.4. The van der Waals surface area contributed by atoms with Crippen molar-refractivity contribution in [2.24, 2.45) is 0 Å². The van der Waals surface area contributed by atoms with Gasteiger partial charge in [-0.25, -0.2) is 0 Å². The Hall–Kier alpha value is -1.95. The minimum atomic E-state index is -0.479. The van der Waals surface area contributed by atoms with Crippen molar-refractivity contribution in [1.82, 2.24) is 0 Å². The Kier molecular flexibility index (Phi) is 3.57. The average Bonchev–Trinajstić information content (AvgIpc) is 2.38. The number of carbonyl (C=O) groups is 1. The first kappa shape index (κ1) is 12.5. The van der Waals surface area contributed by atoms with Gasteiger partial charge in [0.15, 0.2) is 0 Å². The van der Waals surface area contributed by atoms with Crippen LogP contribution in [-0.4, -0.2) is 24.4 Å². The molecule has 0 amide bonds. The second-order valence-corrected chi connectivity index (χ2v) is 4.04. The lowest BCUT2D eigenvalue weighted by molar-refractivity contribution is -0.385. The lowest BCUT2D eigenvalue weighted by Gasteiger charge is -2.23. The number of benzene rings is 1. The van der Waals surface area contributed by atoms with Crippen LogP contribution in [0.15, 0.2) is 18.2 Å². The number of hydrogen-bond acceptors (Lipinski definition) is 5. The smallest absolute Gasteiger partial charge is 0.270 e. The molecule has 1 aromatic rings. The average molecular weight is 251 g/mol. The Balaban J connectivity index is 2.36. The van der Waals surface area contributed by atoms with Crippen LogP contribution in [-0.2, 0) is 9.53 Å². The molecule has 0 aromatic heterocycles. The molecule has 1 atom stereocenters. The van der Waals surface area contributed by atoms with Crippen molar-refractivity contribution in [2.75, 3.05) is 13.7 Å². The number of nitrogens with zero attached hydrogens (tertiary/aromatic N) is 1. The van der Waals surface area contributed by atoms with Crippen molar-refractivity contribution >= 4 is 11.5 Å². The van der Waals surface area contributed by atoms with Crippen molar-refractivity contribution < 1.29 is 19.2 Å². The van der Waals surface area contributed by atoms with Gasteiger partial charge in [-0.3, -0.25) is 14.9 Å². The molecule has 0 bridgehead atoms. The van der Waals surface area contributed by atoms with Crippen LogP contribution < -0.4 is 4.74 Å². The van der Waals surface area contributed by atoms with Crippen molar-refractivity contribution in [3.63, 3.8) is 0 Å². The summed E-state index contributed by atoms with van der Waals surface area (Å²) in [5, 5.41) is 10.8. The van der Waals surface area contributed by atoms with E-state index in [1.807, 2.05) is 0 Å². The van der Waals surface area contributed by atoms with E-state index >= 15 is 0 Å². The van der Waals surface area contributed by atoms with Crippen molar-refractivity contribution in [1.29, 1.82) is 0 Å². The van der Waals surface area contributed by atoms with Gasteiger partial charge in [0.05, 0.1) is 24.7 Å². The van der Waals surface area contributed by atoms with Crippen LogP contribution in [0.2, 0.25) is 0 Å². The molecule has 0 saturated carbocycles. The zero-order chi connectivity index (χ0) is 13.1. The van der Waals surface area contributed by atoms with Crippen LogP contribution in [0.1, 0.15) is 24.5 Å². The summed E-state index contributed by atoms with van der Waals surface area (Å²) < 4.78 is 10.6. The number of methoxy groups -OCH3 is 1. The molecule has 1 aromatic carbocycles. The Morgan fingerprint density at radius 3 is 2.89 bits per heavy atom. The van der Waals surface area contributed by atoms with Gasteiger partial charge in [-0.15, -0.1) is 0 Å². The normalized spacial score (nSPS) is 19.6. The van der Waals surface area contributed by atoms with Gasteiger partial charge in [-0.2, -0.15) is 0 Å². The van der Waals surface area contributed by atoms with E-state index in [0.29, 0.717) is 24.3 Å². The summed E-state index contributed by atoms with van der Waals surface area (Å²) in [6.45, 7) is 0.343. The number of nitro benzene ring substituents is 1. The van der Waals surface area contributed by atoms with Crippen LogP contribution in [0.5, 0.6) is 5.75 Å². The summed E-state index contributed by atoms with van der Waals surface area (Å²) in [5.74, 6) is 0.597. The monoisotopic (exact) mass is 251 g/mol. The first-order chi connectivity index (χ1) is 8.61. The quantitative estimate of drug-likeness (QED) is 0.606. The van der Waals surface area contributed by atoms with Gasteiger partial charge >= 0.3 is 0 Å². The molecule has 2 rings (SSSR count). The molecule has 6 heteroatoms. The Morgan fingerprint density at radius 2 is 2.28 bits per heavy atom. The van der Waals surface area contributed by atoms with E-state index in [0.717, 1.165) is 0 Å². The second-order valence-electron chi connectivity index (χ2n) is 4.04. The number of ketones is 1. The fourth-order valence-electron chi connectivity index (χ4n) is 1.97. The molecule has 1 fully saturated rings. The van der Waals surface area contributed by atoms with Gasteiger partial charge in [-0.05, 0) is 6.07 Å². The maximum Gasteiger partial charge on any atom is 0.270 e. The zero-order valence-corrected chi connectivity index (χ0v) is 9.92. The third-order valence-electron chi connectivity index (χ3n) is 2.88. The van der Waals surface area contributed by atoms with Crippen LogP contribution in [0, 0.1) is 10.1 Å². The molecule has 1 aliphatic heterocycles. The van der Waals surface area contributed by atoms with Gasteiger partial charge in [0.2, 0.25) is 0 Å². The standard InChI is InChI=1S/C12H13NO5/c1-17-11-3-2-8(13(15)16)6-10(11)12-7-9(14)4-5-18-12/h2-3,6,12H,4-5,7H2,1H3. The highest BCUT2D eigenvalue weighted by Crippen LogP contribution is 2.35. The number of non-ortho nitro benzene ring substituents is 1. The van der Waals surface area contributed by atoms with Crippen molar-refractivity contribution in [3.8, 4) is 5.75 Å². The van der Waals surface area contributed by atoms with E-state index in [2.05, 4.69) is 0 Å². The molecule has 1 aliphatic rings. The molecule has 0 N–H and O–H groups in total. The molecule has 1 heterocycles. The minimum absolute atomic E-state index is 0.0348. The third-order valence-corrected chi connectivity index (χ3v) is 2.88. The van der Waals surface area contributed by atoms with E-state index in [4.69, 9.17) is 9.47 Å². The first-order valence-electron chi connectivity index (χ1n) is 5.57. The molecule has 1 saturated heterocycles. The fraction of sp³-hybridized carbons (Fsp3) is 0.417. The van der Waals surface area contributed by atoms with Gasteiger partial charge in [0.1, 0.15) is 11.5 Å². The lowest BCUT2D eigenvalue weighted by Crippen LogP contribution is -2.20.